The van der Waals surface area contributed by atoms with Gasteiger partial charge in [-0.3, -0.25) is 10.1 Å². The maximum atomic E-state index is 11.0. The second kappa shape index (κ2) is 5.63. The van der Waals surface area contributed by atoms with E-state index < -0.39 is 4.92 Å². The minimum absolute atomic E-state index is 0.0186. The molecule has 21 heavy (non-hydrogen) atoms. The molecule has 5 heteroatoms. The van der Waals surface area contributed by atoms with Crippen LogP contribution in [0.5, 0.6) is 11.5 Å². The van der Waals surface area contributed by atoms with Crippen molar-refractivity contribution in [1.29, 1.82) is 5.26 Å². The molecule has 2 rings (SSSR count). The van der Waals surface area contributed by atoms with Crippen molar-refractivity contribution in [2.24, 2.45) is 0 Å². The highest BCUT2D eigenvalue weighted by atomic mass is 16.6. The monoisotopic (exact) mass is 282 g/mol. The summed E-state index contributed by atoms with van der Waals surface area (Å²) in [6, 6.07) is 9.98. The van der Waals surface area contributed by atoms with Crippen LogP contribution < -0.4 is 4.74 Å². The summed E-state index contributed by atoms with van der Waals surface area (Å²) in [7, 11) is 0. The maximum absolute atomic E-state index is 11.0. The molecule has 0 atom stereocenters. The van der Waals surface area contributed by atoms with E-state index in [0.29, 0.717) is 11.5 Å². The molecule has 0 N–H and O–H groups in total. The molecule has 2 aromatic carbocycles. The van der Waals surface area contributed by atoms with Crippen molar-refractivity contribution >= 4 is 5.69 Å². The van der Waals surface area contributed by atoms with E-state index in [1.54, 1.807) is 12.1 Å². The molecule has 0 heterocycles. The van der Waals surface area contributed by atoms with Crippen molar-refractivity contribution < 1.29 is 9.66 Å². The standard InChI is InChI=1S/C16H14N2O3/c1-10-4-5-11(2)16(12(10)3)21-14-7-6-13(9-17)15(8-14)18(19)20/h4-8H,1-3H3. The van der Waals surface area contributed by atoms with Gasteiger partial charge in [0.1, 0.15) is 23.1 Å². The number of benzene rings is 2. The van der Waals surface area contributed by atoms with Crippen LogP contribution >= 0.6 is 0 Å². The Morgan fingerprint density at radius 2 is 1.81 bits per heavy atom. The molecule has 106 valence electrons. The van der Waals surface area contributed by atoms with Crippen LogP contribution in [0.4, 0.5) is 5.69 Å². The number of hydrogen-bond acceptors (Lipinski definition) is 4. The number of nitro benzene ring substituents is 1. The average molecular weight is 282 g/mol. The predicted octanol–water partition coefficient (Wildman–Crippen LogP) is 4.18. The largest absolute Gasteiger partial charge is 0.457 e. The van der Waals surface area contributed by atoms with Gasteiger partial charge in [0.2, 0.25) is 0 Å². The zero-order valence-electron chi connectivity index (χ0n) is 12.0. The topological polar surface area (TPSA) is 76.2 Å². The van der Waals surface area contributed by atoms with Crippen molar-refractivity contribution in [2.75, 3.05) is 0 Å². The third-order valence-corrected chi connectivity index (χ3v) is 3.38. The lowest BCUT2D eigenvalue weighted by Crippen LogP contribution is -1.96. The third kappa shape index (κ3) is 2.84. The highest BCUT2D eigenvalue weighted by Crippen LogP contribution is 2.33. The number of nitro groups is 1. The fourth-order valence-corrected chi connectivity index (χ4v) is 2.02. The van der Waals surface area contributed by atoms with Crippen LogP contribution in [0, 0.1) is 42.2 Å². The van der Waals surface area contributed by atoms with E-state index in [1.807, 2.05) is 32.9 Å². The van der Waals surface area contributed by atoms with Crippen LogP contribution in [0.3, 0.4) is 0 Å². The number of hydrogen-bond donors (Lipinski definition) is 0. The van der Waals surface area contributed by atoms with E-state index in [2.05, 4.69) is 0 Å². The third-order valence-electron chi connectivity index (χ3n) is 3.38. The van der Waals surface area contributed by atoms with E-state index in [9.17, 15) is 10.1 Å². The Labute approximate surface area is 122 Å². The molecule has 0 aromatic heterocycles. The molecular formula is C16H14N2O3. The zero-order chi connectivity index (χ0) is 15.6. The number of nitrogens with zero attached hydrogens (tertiary/aromatic N) is 2. The molecule has 0 radical (unpaired) electrons. The van der Waals surface area contributed by atoms with Crippen molar-refractivity contribution in [3.8, 4) is 17.6 Å². The first-order chi connectivity index (χ1) is 9.93. The van der Waals surface area contributed by atoms with Gasteiger partial charge in [0.05, 0.1) is 11.0 Å². The molecule has 0 fully saturated rings. The van der Waals surface area contributed by atoms with Gasteiger partial charge in [-0.05, 0) is 49.6 Å². The first-order valence-corrected chi connectivity index (χ1v) is 6.37. The molecule has 0 saturated heterocycles. The molecule has 0 amide bonds. The van der Waals surface area contributed by atoms with Crippen molar-refractivity contribution in [1.82, 2.24) is 0 Å². The Kier molecular flexibility index (Phi) is 3.90. The van der Waals surface area contributed by atoms with Gasteiger partial charge in [-0.15, -0.1) is 0 Å². The normalized spacial score (nSPS) is 10.0. The fraction of sp³-hybridized carbons (Fsp3) is 0.188. The number of aryl methyl sites for hydroxylation is 2. The summed E-state index contributed by atoms with van der Waals surface area (Å²) < 4.78 is 5.80. The molecule has 0 saturated carbocycles. The van der Waals surface area contributed by atoms with Crippen molar-refractivity contribution in [2.45, 2.75) is 20.8 Å². The van der Waals surface area contributed by atoms with E-state index in [4.69, 9.17) is 10.00 Å². The second-order valence-electron chi connectivity index (χ2n) is 4.80. The second-order valence-corrected chi connectivity index (χ2v) is 4.80. The van der Waals surface area contributed by atoms with Crippen LogP contribution in [0.1, 0.15) is 22.3 Å². The molecule has 0 unspecified atom stereocenters. The summed E-state index contributed by atoms with van der Waals surface area (Å²) in [5.74, 6) is 1.03. The number of nitriles is 1. The SMILES string of the molecule is Cc1ccc(C)c(Oc2ccc(C#N)c([N+](=O)[O-])c2)c1C. The lowest BCUT2D eigenvalue weighted by molar-refractivity contribution is -0.385. The number of ether oxygens (including phenoxy) is 1. The van der Waals surface area contributed by atoms with Crippen LogP contribution in [-0.2, 0) is 0 Å². The summed E-state index contributed by atoms with van der Waals surface area (Å²) in [5.41, 5.74) is 2.79. The Bertz CT molecular complexity index is 761. The maximum Gasteiger partial charge on any atom is 0.290 e. The van der Waals surface area contributed by atoms with Crippen LogP contribution in [0.15, 0.2) is 30.3 Å². The van der Waals surface area contributed by atoms with E-state index >= 15 is 0 Å². The van der Waals surface area contributed by atoms with Gasteiger partial charge < -0.3 is 4.74 Å². The van der Waals surface area contributed by atoms with E-state index in [0.717, 1.165) is 16.7 Å². The molecule has 0 aliphatic heterocycles. The summed E-state index contributed by atoms with van der Waals surface area (Å²) in [6.07, 6.45) is 0. The quantitative estimate of drug-likeness (QED) is 0.625. The van der Waals surface area contributed by atoms with Gasteiger partial charge in [0.25, 0.3) is 5.69 Å². The highest BCUT2D eigenvalue weighted by molar-refractivity contribution is 5.54. The van der Waals surface area contributed by atoms with Crippen LogP contribution in [0.25, 0.3) is 0 Å². The molecule has 0 aliphatic carbocycles. The fourth-order valence-electron chi connectivity index (χ4n) is 2.02. The van der Waals surface area contributed by atoms with Gasteiger partial charge in [-0.1, -0.05) is 12.1 Å². The lowest BCUT2D eigenvalue weighted by atomic mass is 10.1. The summed E-state index contributed by atoms with van der Waals surface area (Å²) in [4.78, 5) is 10.4. The minimum Gasteiger partial charge on any atom is -0.457 e. The number of rotatable bonds is 3. The first kappa shape index (κ1) is 14.5. The van der Waals surface area contributed by atoms with Gasteiger partial charge in [-0.2, -0.15) is 5.26 Å². The molecule has 0 bridgehead atoms. The van der Waals surface area contributed by atoms with Gasteiger partial charge >= 0.3 is 0 Å². The van der Waals surface area contributed by atoms with E-state index in [1.165, 1.54) is 12.1 Å². The summed E-state index contributed by atoms with van der Waals surface area (Å²) in [6.45, 7) is 5.83. The molecular weight excluding hydrogens is 268 g/mol. The Balaban J connectivity index is 2.46. The molecule has 0 spiro atoms. The van der Waals surface area contributed by atoms with Crippen LogP contribution in [-0.4, -0.2) is 4.92 Å². The van der Waals surface area contributed by atoms with Gasteiger partial charge in [0.15, 0.2) is 0 Å². The Hall–Kier alpha value is -2.87. The van der Waals surface area contributed by atoms with Crippen molar-refractivity contribution in [3.63, 3.8) is 0 Å². The minimum atomic E-state index is -0.582. The smallest absolute Gasteiger partial charge is 0.290 e. The van der Waals surface area contributed by atoms with Crippen LogP contribution in [0.2, 0.25) is 0 Å². The van der Waals surface area contributed by atoms with Gasteiger partial charge in [0, 0.05) is 0 Å². The predicted molar refractivity (Wildman–Crippen MR) is 78.5 cm³/mol. The molecule has 0 aliphatic rings. The van der Waals surface area contributed by atoms with Crippen molar-refractivity contribution in [3.05, 3.63) is 62.7 Å². The van der Waals surface area contributed by atoms with E-state index in [-0.39, 0.29) is 11.3 Å². The first-order valence-electron chi connectivity index (χ1n) is 6.37. The Morgan fingerprint density at radius 1 is 1.14 bits per heavy atom. The summed E-state index contributed by atoms with van der Waals surface area (Å²) >= 11 is 0. The van der Waals surface area contributed by atoms with Gasteiger partial charge in [-0.25, -0.2) is 0 Å². The average Bonchev–Trinajstić information content (AvgIpc) is 2.47. The molecule has 5 nitrogen and oxygen atoms in total. The summed E-state index contributed by atoms with van der Waals surface area (Å²) in [5, 5.41) is 19.8. The highest BCUT2D eigenvalue weighted by Gasteiger charge is 2.16. The molecule has 2 aromatic rings. The zero-order valence-corrected chi connectivity index (χ0v) is 12.0. The lowest BCUT2D eigenvalue weighted by Gasteiger charge is -2.13. The Morgan fingerprint density at radius 3 is 2.43 bits per heavy atom.